The Morgan fingerprint density at radius 1 is 1.16 bits per heavy atom. The molecule has 1 aliphatic heterocycles. The van der Waals surface area contributed by atoms with Gasteiger partial charge in [-0.1, -0.05) is 57.7 Å². The molecule has 1 fully saturated rings. The molecule has 1 N–H and O–H groups in total. The summed E-state index contributed by atoms with van der Waals surface area (Å²) < 4.78 is 0. The maximum atomic E-state index is 13.0. The van der Waals surface area contributed by atoms with Crippen molar-refractivity contribution in [2.24, 2.45) is 5.92 Å². The Bertz CT molecular complexity index is 618. The van der Waals surface area contributed by atoms with E-state index in [1.807, 2.05) is 24.3 Å². The highest BCUT2D eigenvalue weighted by atomic mass is 16.2. The number of nitrogens with one attached hydrogen (secondary N) is 1. The third-order valence-corrected chi connectivity index (χ3v) is 5.42. The molecule has 0 unspecified atom stereocenters. The van der Waals surface area contributed by atoms with E-state index in [-0.39, 0.29) is 23.9 Å². The summed E-state index contributed by atoms with van der Waals surface area (Å²) in [5.74, 6) is 0.389. The van der Waals surface area contributed by atoms with E-state index < -0.39 is 0 Å². The predicted octanol–water partition coefficient (Wildman–Crippen LogP) is 3.90. The minimum Gasteiger partial charge on any atom is -0.352 e. The highest BCUT2D eigenvalue weighted by Crippen LogP contribution is 2.27. The van der Waals surface area contributed by atoms with Crippen molar-refractivity contribution in [3.63, 3.8) is 0 Å². The number of nitrogens with zero attached hydrogens (tertiary/aromatic N) is 1. The first-order chi connectivity index (χ1) is 12.1. The number of benzene rings is 1. The van der Waals surface area contributed by atoms with Gasteiger partial charge in [-0.25, -0.2) is 0 Å². The summed E-state index contributed by atoms with van der Waals surface area (Å²) in [5, 5.41) is 3.26. The van der Waals surface area contributed by atoms with Gasteiger partial charge in [0.1, 0.15) is 6.04 Å². The summed E-state index contributed by atoms with van der Waals surface area (Å²) in [4.78, 5) is 27.6. The Balaban J connectivity index is 1.73. The lowest BCUT2D eigenvalue weighted by molar-refractivity contribution is -0.127. The van der Waals surface area contributed by atoms with E-state index in [2.05, 4.69) is 19.2 Å². The van der Waals surface area contributed by atoms with Gasteiger partial charge in [0.25, 0.3) is 5.91 Å². The third-order valence-electron chi connectivity index (χ3n) is 5.42. The Morgan fingerprint density at radius 2 is 1.84 bits per heavy atom. The molecule has 0 bridgehead atoms. The number of hydrogen-bond donors (Lipinski definition) is 1. The van der Waals surface area contributed by atoms with Gasteiger partial charge in [-0.15, -0.1) is 0 Å². The first kappa shape index (κ1) is 18.0. The maximum Gasteiger partial charge on any atom is 0.255 e. The molecule has 136 valence electrons. The van der Waals surface area contributed by atoms with Crippen LogP contribution in [0.5, 0.6) is 0 Å². The van der Waals surface area contributed by atoms with Gasteiger partial charge in [0.15, 0.2) is 0 Å². The minimum absolute atomic E-state index is 0.00253. The van der Waals surface area contributed by atoms with Crippen molar-refractivity contribution in [3.05, 3.63) is 35.4 Å². The van der Waals surface area contributed by atoms with Crippen LogP contribution >= 0.6 is 0 Å². The van der Waals surface area contributed by atoms with Gasteiger partial charge in [-0.05, 0) is 36.8 Å². The smallest absolute Gasteiger partial charge is 0.255 e. The second-order valence-corrected chi connectivity index (χ2v) is 7.93. The van der Waals surface area contributed by atoms with E-state index >= 15 is 0 Å². The fourth-order valence-corrected chi connectivity index (χ4v) is 4.07. The van der Waals surface area contributed by atoms with E-state index in [0.29, 0.717) is 18.9 Å². The lowest BCUT2D eigenvalue weighted by atomic mass is 10.0. The summed E-state index contributed by atoms with van der Waals surface area (Å²) in [7, 11) is 0. The summed E-state index contributed by atoms with van der Waals surface area (Å²) in [5.41, 5.74) is 1.78. The van der Waals surface area contributed by atoms with Crippen molar-refractivity contribution in [3.8, 4) is 0 Å². The van der Waals surface area contributed by atoms with Gasteiger partial charge in [0, 0.05) is 18.2 Å². The Morgan fingerprint density at radius 3 is 2.48 bits per heavy atom. The second-order valence-electron chi connectivity index (χ2n) is 7.93. The van der Waals surface area contributed by atoms with E-state index in [1.54, 1.807) is 4.90 Å². The molecule has 25 heavy (non-hydrogen) atoms. The van der Waals surface area contributed by atoms with Crippen LogP contribution in [0.4, 0.5) is 0 Å². The van der Waals surface area contributed by atoms with E-state index in [9.17, 15) is 9.59 Å². The van der Waals surface area contributed by atoms with Crippen molar-refractivity contribution >= 4 is 11.8 Å². The van der Waals surface area contributed by atoms with Crippen LogP contribution in [0.3, 0.4) is 0 Å². The molecular formula is C21H30N2O2. The Kier molecular flexibility index (Phi) is 5.77. The molecule has 0 spiro atoms. The number of hydrogen-bond acceptors (Lipinski definition) is 2. The first-order valence-corrected chi connectivity index (χ1v) is 9.75. The molecule has 2 aliphatic rings. The number of amides is 2. The largest absolute Gasteiger partial charge is 0.352 e. The van der Waals surface area contributed by atoms with Crippen molar-refractivity contribution in [2.45, 2.75) is 77.4 Å². The number of fused-ring (bicyclic) bond motifs is 1. The molecule has 0 aromatic heterocycles. The summed E-state index contributed by atoms with van der Waals surface area (Å²) in [6, 6.07) is 7.60. The van der Waals surface area contributed by atoms with Crippen LogP contribution in [0, 0.1) is 5.92 Å². The molecule has 0 saturated heterocycles. The van der Waals surface area contributed by atoms with Gasteiger partial charge >= 0.3 is 0 Å². The fourth-order valence-electron chi connectivity index (χ4n) is 4.07. The van der Waals surface area contributed by atoms with E-state index in [4.69, 9.17) is 0 Å². The predicted molar refractivity (Wildman–Crippen MR) is 99.2 cm³/mol. The molecule has 4 heteroatoms. The third kappa shape index (κ3) is 4.23. The number of carbonyl (C=O) groups excluding carboxylic acids is 2. The fraction of sp³-hybridized carbons (Fsp3) is 0.619. The highest BCUT2D eigenvalue weighted by Gasteiger charge is 2.37. The zero-order valence-corrected chi connectivity index (χ0v) is 15.5. The van der Waals surface area contributed by atoms with Crippen LogP contribution in [0.1, 0.15) is 74.7 Å². The molecule has 1 atom stereocenters. The summed E-state index contributed by atoms with van der Waals surface area (Å²) >= 11 is 0. The van der Waals surface area contributed by atoms with Gasteiger partial charge in [-0.3, -0.25) is 9.59 Å². The van der Waals surface area contributed by atoms with Crippen molar-refractivity contribution < 1.29 is 9.59 Å². The topological polar surface area (TPSA) is 49.4 Å². The number of rotatable bonds is 5. The molecule has 4 nitrogen and oxygen atoms in total. The van der Waals surface area contributed by atoms with Crippen molar-refractivity contribution in [1.29, 1.82) is 0 Å². The quantitative estimate of drug-likeness (QED) is 0.825. The Hall–Kier alpha value is -1.84. The van der Waals surface area contributed by atoms with Gasteiger partial charge < -0.3 is 10.2 Å². The van der Waals surface area contributed by atoms with Crippen LogP contribution in [-0.2, 0) is 11.3 Å². The lowest BCUT2D eigenvalue weighted by Gasteiger charge is -2.30. The SMILES string of the molecule is CC(C)C[C@@H](C(=O)NC1CCCCCC1)N1Cc2ccccc2C1=O. The molecule has 1 aromatic rings. The molecule has 3 rings (SSSR count). The maximum absolute atomic E-state index is 13.0. The molecule has 1 aliphatic carbocycles. The van der Waals surface area contributed by atoms with Gasteiger partial charge in [-0.2, -0.15) is 0 Å². The van der Waals surface area contributed by atoms with Crippen LogP contribution in [0.25, 0.3) is 0 Å². The average Bonchev–Trinajstić information content (AvgIpc) is 2.75. The van der Waals surface area contributed by atoms with Gasteiger partial charge in [0.05, 0.1) is 0 Å². The molecule has 1 heterocycles. The zero-order valence-electron chi connectivity index (χ0n) is 15.5. The molecule has 1 aromatic carbocycles. The van der Waals surface area contributed by atoms with E-state index in [0.717, 1.165) is 24.0 Å². The highest BCUT2D eigenvalue weighted by molar-refractivity contribution is 6.01. The summed E-state index contributed by atoms with van der Waals surface area (Å²) in [6.45, 7) is 4.77. The lowest BCUT2D eigenvalue weighted by Crippen LogP contribution is -2.50. The standard InChI is InChI=1S/C21H30N2O2/c1-15(2)13-19(20(24)22-17-10-5-3-4-6-11-17)23-14-16-9-7-8-12-18(16)21(23)25/h7-9,12,15,17,19H,3-6,10-11,13-14H2,1-2H3,(H,22,24)/t19-/m0/s1. The molecular weight excluding hydrogens is 312 g/mol. The number of carbonyl (C=O) groups is 2. The van der Waals surface area contributed by atoms with Crippen molar-refractivity contribution in [2.75, 3.05) is 0 Å². The monoisotopic (exact) mass is 342 g/mol. The van der Waals surface area contributed by atoms with E-state index in [1.165, 1.54) is 25.7 Å². The molecule has 2 amide bonds. The van der Waals surface area contributed by atoms with Gasteiger partial charge in [0.2, 0.25) is 5.91 Å². The minimum atomic E-state index is -0.372. The Labute approximate surface area is 151 Å². The van der Waals surface area contributed by atoms with Crippen LogP contribution in [0.15, 0.2) is 24.3 Å². The summed E-state index contributed by atoms with van der Waals surface area (Å²) in [6.07, 6.45) is 7.74. The first-order valence-electron chi connectivity index (χ1n) is 9.75. The van der Waals surface area contributed by atoms with Crippen LogP contribution < -0.4 is 5.32 Å². The molecule has 1 saturated carbocycles. The van der Waals surface area contributed by atoms with Crippen LogP contribution in [0.2, 0.25) is 0 Å². The normalized spacial score (nSPS) is 19.6. The zero-order chi connectivity index (χ0) is 17.8. The second kappa shape index (κ2) is 8.03. The van der Waals surface area contributed by atoms with Crippen molar-refractivity contribution in [1.82, 2.24) is 10.2 Å². The van der Waals surface area contributed by atoms with Crippen LogP contribution in [-0.4, -0.2) is 28.8 Å². The molecule has 0 radical (unpaired) electrons. The average molecular weight is 342 g/mol.